The summed E-state index contributed by atoms with van der Waals surface area (Å²) in [5.41, 5.74) is 17.2. The first kappa shape index (κ1) is 18.6. The van der Waals surface area contributed by atoms with Crippen LogP contribution in [0.1, 0.15) is 16.8 Å². The van der Waals surface area contributed by atoms with Gasteiger partial charge in [-0.05, 0) is 25.0 Å². The van der Waals surface area contributed by atoms with Crippen molar-refractivity contribution in [3.8, 4) is 0 Å². The topological polar surface area (TPSA) is 68.6 Å². The average molecular weight is 465 g/mol. The standard InChI is InChI=1S/C10H15N3O.W.Y/c1-6-4-7(2)10(12)13(3)8(6)5-9(11)14;;/h4,12H,5H2,1-3H3,(H2,11,14);;/p-1. The van der Waals surface area contributed by atoms with Gasteiger partial charge in [-0.3, -0.25) is 5.73 Å². The van der Waals surface area contributed by atoms with Gasteiger partial charge in [0.2, 0.25) is 0 Å². The minimum atomic E-state index is -0.619. The molecular weight excluding hydrogens is 451 g/mol. The normalized spacial score (nSPS) is 8.94. The molecule has 6 heteroatoms. The van der Waals surface area contributed by atoms with E-state index >= 15 is 0 Å². The van der Waals surface area contributed by atoms with Gasteiger partial charge in [0.1, 0.15) is 5.82 Å². The first-order valence-electron chi connectivity index (χ1n) is 4.38. The number of carbonyl (C=O) groups is 1. The van der Waals surface area contributed by atoms with Gasteiger partial charge in [-0.1, -0.05) is 6.07 Å². The smallest absolute Gasteiger partial charge is 0.127 e. The Kier molecular flexibility index (Phi) is 8.73. The molecule has 1 aromatic rings. The van der Waals surface area contributed by atoms with Crippen LogP contribution in [0.3, 0.4) is 0 Å². The van der Waals surface area contributed by atoms with Crippen molar-refractivity contribution >= 4 is 11.7 Å². The summed E-state index contributed by atoms with van der Waals surface area (Å²) >= 11 is 0. The maximum Gasteiger partial charge on any atom is 0.127 e. The van der Waals surface area contributed by atoms with Gasteiger partial charge in [-0.15, -0.1) is 0 Å². The van der Waals surface area contributed by atoms with Gasteiger partial charge in [-0.2, -0.15) is 0 Å². The van der Waals surface area contributed by atoms with Crippen LogP contribution in [-0.2, 0) is 72.0 Å². The number of hydrogen-bond acceptors (Lipinski definition) is 1. The Morgan fingerprint density at radius 2 is 1.88 bits per heavy atom. The second-order valence-corrected chi connectivity index (χ2v) is 3.46. The van der Waals surface area contributed by atoms with Crippen molar-refractivity contribution in [3.05, 3.63) is 34.4 Å². The van der Waals surface area contributed by atoms with Gasteiger partial charge in [0.05, 0.1) is 5.91 Å². The van der Waals surface area contributed by atoms with Crippen molar-refractivity contribution in [1.29, 1.82) is 0 Å². The molecule has 0 saturated carbocycles. The van der Waals surface area contributed by atoms with E-state index in [0.29, 0.717) is 5.82 Å². The molecule has 1 heterocycles. The second-order valence-electron chi connectivity index (χ2n) is 3.46. The molecule has 1 aromatic heterocycles. The Morgan fingerprint density at radius 3 is 2.31 bits per heavy atom. The summed E-state index contributed by atoms with van der Waals surface area (Å²) in [6, 6.07) is 1.88. The quantitative estimate of drug-likeness (QED) is 0.616. The Hall–Kier alpha value is 0.212. The molecule has 0 atom stereocenters. The van der Waals surface area contributed by atoms with Crippen molar-refractivity contribution in [2.75, 3.05) is 0 Å². The zero-order valence-corrected chi connectivity index (χ0v) is 15.4. The van der Waals surface area contributed by atoms with Gasteiger partial charge < -0.3 is 15.1 Å². The monoisotopic (exact) mass is 465 g/mol. The van der Waals surface area contributed by atoms with Crippen LogP contribution in [-0.4, -0.2) is 5.91 Å². The zero-order valence-electron chi connectivity index (χ0n) is 9.63. The third-order valence-corrected chi connectivity index (χ3v) is 2.33. The number of rotatable bonds is 2. The van der Waals surface area contributed by atoms with Crippen molar-refractivity contribution in [2.45, 2.75) is 20.3 Å². The Morgan fingerprint density at radius 1 is 1.38 bits per heavy atom. The predicted molar refractivity (Wildman–Crippen MR) is 54.1 cm³/mol. The van der Waals surface area contributed by atoms with E-state index in [1.807, 2.05) is 19.9 Å². The summed E-state index contributed by atoms with van der Waals surface area (Å²) in [4.78, 5) is 10.7. The number of nitrogens with one attached hydrogen (secondary N) is 2. The van der Waals surface area contributed by atoms with Crippen LogP contribution >= 0.6 is 0 Å². The van der Waals surface area contributed by atoms with Crippen molar-refractivity contribution in [3.63, 3.8) is 0 Å². The zero-order chi connectivity index (χ0) is 10.9. The van der Waals surface area contributed by atoms with E-state index in [0.717, 1.165) is 16.8 Å². The van der Waals surface area contributed by atoms with Gasteiger partial charge in [0.25, 0.3) is 0 Å². The number of aryl methyl sites for hydroxylation is 2. The maximum atomic E-state index is 10.7. The fourth-order valence-electron chi connectivity index (χ4n) is 1.55. The van der Waals surface area contributed by atoms with Crippen LogP contribution in [0.25, 0.3) is 11.5 Å². The molecule has 0 aromatic carbocycles. The van der Waals surface area contributed by atoms with Crippen LogP contribution in [0.15, 0.2) is 6.07 Å². The number of hydrogen-bond donors (Lipinski definition) is 0. The Balaban J connectivity index is 0. The molecule has 0 unspecified atom stereocenters. The maximum absolute atomic E-state index is 10.7. The van der Waals surface area contributed by atoms with Crippen LogP contribution < -0.4 is 4.57 Å². The van der Waals surface area contributed by atoms with E-state index in [4.69, 9.17) is 11.5 Å². The molecule has 0 fully saturated rings. The minimum Gasteiger partial charge on any atom is -0.667 e. The molecule has 0 aliphatic heterocycles. The molecule has 2 N–H and O–H groups in total. The number of amides is 1. The van der Waals surface area contributed by atoms with Crippen LogP contribution in [0.4, 0.5) is 5.82 Å². The number of pyridine rings is 1. The summed E-state index contributed by atoms with van der Waals surface area (Å²) in [6.45, 7) is 3.76. The minimum absolute atomic E-state index is 0. The first-order chi connectivity index (χ1) is 6.43. The summed E-state index contributed by atoms with van der Waals surface area (Å²) in [6.07, 6.45) is 0.0779. The molecule has 0 bridgehead atoms. The molecule has 0 saturated heterocycles. The second kappa shape index (κ2) is 7.52. The van der Waals surface area contributed by atoms with Crippen LogP contribution in [0.5, 0.6) is 0 Å². The third-order valence-electron chi connectivity index (χ3n) is 2.33. The van der Waals surface area contributed by atoms with Crippen LogP contribution in [0.2, 0.25) is 0 Å². The summed E-state index contributed by atoms with van der Waals surface area (Å²) in [7, 11) is 1.75. The van der Waals surface area contributed by atoms with Gasteiger partial charge in [0.15, 0.2) is 0 Å². The van der Waals surface area contributed by atoms with Gasteiger partial charge in [0, 0.05) is 72.9 Å². The molecule has 0 aliphatic carbocycles. The van der Waals surface area contributed by atoms with Gasteiger partial charge in [-0.25, -0.2) is 0 Å². The predicted octanol–water partition coefficient (Wildman–Crippen LogP) is 1.93. The van der Waals surface area contributed by atoms with E-state index in [1.54, 1.807) is 11.6 Å². The third kappa shape index (κ3) is 4.23. The molecule has 1 amide bonds. The summed E-state index contributed by atoms with van der Waals surface area (Å²) in [5.74, 6) is -0.223. The Labute approximate surface area is 135 Å². The number of carbonyl (C=O) groups excluding carboxylic acids is 1. The average Bonchev–Trinajstić information content (AvgIpc) is 2.09. The molecule has 1 radical (unpaired) electrons. The van der Waals surface area contributed by atoms with E-state index in [9.17, 15) is 4.79 Å². The molecule has 4 nitrogen and oxygen atoms in total. The summed E-state index contributed by atoms with van der Waals surface area (Å²) in [5, 5.41) is 0. The van der Waals surface area contributed by atoms with Crippen LogP contribution in [0, 0.1) is 13.8 Å². The van der Waals surface area contributed by atoms with Crippen molar-refractivity contribution in [2.24, 2.45) is 7.05 Å². The van der Waals surface area contributed by atoms with E-state index in [-0.39, 0.29) is 60.2 Å². The summed E-state index contributed by atoms with van der Waals surface area (Å²) < 4.78 is 1.66. The largest absolute Gasteiger partial charge is 0.667 e. The Bertz CT molecular complexity index is 396. The number of aromatic nitrogens is 1. The fourth-order valence-corrected chi connectivity index (χ4v) is 1.55. The van der Waals surface area contributed by atoms with Crippen molar-refractivity contribution < 1.29 is 63.1 Å². The first-order valence-corrected chi connectivity index (χ1v) is 4.38. The fraction of sp³-hybridized carbons (Fsp3) is 0.400. The molecule has 0 spiro atoms. The van der Waals surface area contributed by atoms with Gasteiger partial charge >= 0.3 is 0 Å². The van der Waals surface area contributed by atoms with E-state index in [1.165, 1.54) is 0 Å². The van der Waals surface area contributed by atoms with Crippen molar-refractivity contribution in [1.82, 2.24) is 0 Å². The van der Waals surface area contributed by atoms with E-state index < -0.39 is 5.91 Å². The number of nitrogens with zero attached hydrogens (tertiary/aromatic N) is 1. The SMILES string of the molecule is Cc1cc(C)c(CC([NH-])=O)[n+](C)c1[NH-].[W].[Y]. The molecule has 1 rings (SSSR count). The molecular formula is C10H14N3OWY-. The van der Waals surface area contributed by atoms with E-state index in [2.05, 4.69) is 0 Å². The molecule has 85 valence electrons. The molecule has 16 heavy (non-hydrogen) atoms. The molecule has 0 aliphatic rings.